The fraction of sp³-hybridized carbons (Fsp3) is 0.316. The van der Waals surface area contributed by atoms with Gasteiger partial charge in [-0.2, -0.15) is 0 Å². The van der Waals surface area contributed by atoms with Crippen molar-refractivity contribution in [1.82, 2.24) is 0 Å². The van der Waals surface area contributed by atoms with Gasteiger partial charge in [-0.3, -0.25) is 15.4 Å². The van der Waals surface area contributed by atoms with Crippen LogP contribution in [0.25, 0.3) is 0 Å². The number of carbonyl (C=O) groups excluding carboxylic acids is 1. The highest BCUT2D eigenvalue weighted by Gasteiger charge is 2.16. The quantitative estimate of drug-likeness (QED) is 0.603. The Bertz CT molecular complexity index is 749. The van der Waals surface area contributed by atoms with Crippen LogP contribution in [0.2, 0.25) is 0 Å². The first-order valence-corrected chi connectivity index (χ1v) is 8.19. The fourth-order valence-electron chi connectivity index (χ4n) is 2.13. The predicted octanol–water partition coefficient (Wildman–Crippen LogP) is 4.56. The van der Waals surface area contributed by atoms with Crippen molar-refractivity contribution >= 4 is 17.5 Å². The van der Waals surface area contributed by atoms with Gasteiger partial charge in [0.05, 0.1) is 11.5 Å². The number of rotatable bonds is 6. The molecule has 0 fully saturated rings. The molecule has 0 saturated carbocycles. The van der Waals surface area contributed by atoms with Gasteiger partial charge in [0, 0.05) is 24.2 Å². The van der Waals surface area contributed by atoms with E-state index in [-0.39, 0.29) is 5.69 Å². The van der Waals surface area contributed by atoms with Gasteiger partial charge in [-0.1, -0.05) is 12.1 Å². The molecule has 2 aromatic carbocycles. The van der Waals surface area contributed by atoms with Crippen LogP contribution < -0.4 is 10.1 Å². The van der Waals surface area contributed by atoms with Gasteiger partial charge in [-0.25, -0.2) is 4.79 Å². The predicted molar refractivity (Wildman–Crippen MR) is 98.6 cm³/mol. The maximum atomic E-state index is 11.7. The van der Waals surface area contributed by atoms with E-state index in [1.165, 1.54) is 12.1 Å². The molecule has 7 heteroatoms. The molecule has 0 atom stereocenters. The Morgan fingerprint density at radius 3 is 2.23 bits per heavy atom. The number of nitrogens with zero attached hydrogens (tertiary/aromatic N) is 1. The lowest BCUT2D eigenvalue weighted by Gasteiger charge is -2.19. The van der Waals surface area contributed by atoms with E-state index in [1.54, 1.807) is 45.0 Å². The van der Waals surface area contributed by atoms with Crippen molar-refractivity contribution in [2.75, 3.05) is 11.9 Å². The summed E-state index contributed by atoms with van der Waals surface area (Å²) in [7, 11) is 0. The minimum absolute atomic E-state index is 0.0328. The molecule has 0 saturated heterocycles. The van der Waals surface area contributed by atoms with Gasteiger partial charge in [0.2, 0.25) is 0 Å². The first kappa shape index (κ1) is 19.2. The summed E-state index contributed by atoms with van der Waals surface area (Å²) in [6.07, 6.45) is 0.177. The summed E-state index contributed by atoms with van der Waals surface area (Å²) < 4.78 is 10.8. The smallest absolute Gasteiger partial charge is 0.412 e. The van der Waals surface area contributed by atoms with Crippen molar-refractivity contribution in [2.24, 2.45) is 0 Å². The Balaban J connectivity index is 1.80. The van der Waals surface area contributed by atoms with Gasteiger partial charge in [0.1, 0.15) is 11.4 Å². The monoisotopic (exact) mass is 358 g/mol. The van der Waals surface area contributed by atoms with Crippen LogP contribution in [0.15, 0.2) is 48.5 Å². The van der Waals surface area contributed by atoms with Crippen LogP contribution in [-0.4, -0.2) is 23.2 Å². The van der Waals surface area contributed by atoms with Gasteiger partial charge < -0.3 is 9.47 Å². The number of nitro groups is 1. The van der Waals surface area contributed by atoms with Gasteiger partial charge in [0.25, 0.3) is 5.69 Å². The molecule has 0 spiro atoms. The molecule has 7 nitrogen and oxygen atoms in total. The van der Waals surface area contributed by atoms with Crippen LogP contribution in [0.1, 0.15) is 26.3 Å². The first-order chi connectivity index (χ1) is 12.2. The van der Waals surface area contributed by atoms with E-state index >= 15 is 0 Å². The Labute approximate surface area is 152 Å². The molecule has 0 aromatic heterocycles. The second-order valence-electron chi connectivity index (χ2n) is 6.67. The maximum Gasteiger partial charge on any atom is 0.412 e. The topological polar surface area (TPSA) is 90.7 Å². The third kappa shape index (κ3) is 6.43. The first-order valence-electron chi connectivity index (χ1n) is 8.19. The highest BCUT2D eigenvalue weighted by molar-refractivity contribution is 5.84. The molecular weight excluding hydrogens is 336 g/mol. The zero-order chi connectivity index (χ0) is 19.2. The lowest BCUT2D eigenvalue weighted by atomic mass is 10.1. The minimum Gasteiger partial charge on any atom is -0.493 e. The van der Waals surface area contributed by atoms with Crippen LogP contribution in [-0.2, 0) is 11.2 Å². The maximum absolute atomic E-state index is 11.7. The van der Waals surface area contributed by atoms with Gasteiger partial charge in [-0.05, 0) is 50.6 Å². The molecule has 26 heavy (non-hydrogen) atoms. The lowest BCUT2D eigenvalue weighted by molar-refractivity contribution is -0.384. The number of nitrogens with one attached hydrogen (secondary N) is 1. The second kappa shape index (κ2) is 8.33. The summed E-state index contributed by atoms with van der Waals surface area (Å²) >= 11 is 0. The number of benzene rings is 2. The van der Waals surface area contributed by atoms with Crippen LogP contribution in [0.4, 0.5) is 16.2 Å². The number of ether oxygens (including phenoxy) is 2. The van der Waals surface area contributed by atoms with E-state index in [2.05, 4.69) is 5.32 Å². The number of hydrogen-bond donors (Lipinski definition) is 1. The van der Waals surface area contributed by atoms with Crippen molar-refractivity contribution in [3.63, 3.8) is 0 Å². The highest BCUT2D eigenvalue weighted by Crippen LogP contribution is 2.18. The summed E-state index contributed by atoms with van der Waals surface area (Å²) in [4.78, 5) is 21.9. The molecule has 2 aromatic rings. The second-order valence-corrected chi connectivity index (χ2v) is 6.67. The number of nitro benzene ring substituents is 1. The minimum atomic E-state index is -0.542. The number of carbonyl (C=O) groups is 1. The molecule has 0 unspecified atom stereocenters. The Morgan fingerprint density at radius 1 is 1.08 bits per heavy atom. The number of anilines is 1. The van der Waals surface area contributed by atoms with E-state index in [4.69, 9.17) is 9.47 Å². The molecule has 0 aliphatic carbocycles. The molecule has 0 radical (unpaired) electrons. The normalized spacial score (nSPS) is 10.9. The number of hydrogen-bond acceptors (Lipinski definition) is 5. The van der Waals surface area contributed by atoms with Crippen LogP contribution in [0.5, 0.6) is 5.75 Å². The van der Waals surface area contributed by atoms with Crippen molar-refractivity contribution < 1.29 is 19.2 Å². The van der Waals surface area contributed by atoms with E-state index in [0.717, 1.165) is 5.56 Å². The van der Waals surface area contributed by atoms with E-state index in [9.17, 15) is 14.9 Å². The largest absolute Gasteiger partial charge is 0.493 e. The van der Waals surface area contributed by atoms with Crippen molar-refractivity contribution in [3.05, 3.63) is 64.2 Å². The average molecular weight is 358 g/mol. The molecule has 2 rings (SSSR count). The SMILES string of the molecule is CC(C)(C)OC(=O)Nc1ccc(CCOc2ccc([N+](=O)[O-])cc2)cc1. The molecule has 0 aliphatic rings. The summed E-state index contributed by atoms with van der Waals surface area (Å²) in [5.41, 5.74) is 1.19. The third-order valence-corrected chi connectivity index (χ3v) is 3.31. The van der Waals surface area contributed by atoms with Gasteiger partial charge in [0.15, 0.2) is 0 Å². The van der Waals surface area contributed by atoms with E-state index in [0.29, 0.717) is 24.5 Å². The molecule has 138 valence electrons. The molecule has 0 bridgehead atoms. The Kier molecular flexibility index (Phi) is 6.16. The zero-order valence-corrected chi connectivity index (χ0v) is 15.0. The number of non-ortho nitro benzene ring substituents is 1. The van der Waals surface area contributed by atoms with Crippen LogP contribution in [0.3, 0.4) is 0 Å². The van der Waals surface area contributed by atoms with E-state index < -0.39 is 16.6 Å². The van der Waals surface area contributed by atoms with Crippen molar-refractivity contribution in [1.29, 1.82) is 0 Å². The molecule has 1 N–H and O–H groups in total. The summed E-state index contributed by atoms with van der Waals surface area (Å²) in [6, 6.07) is 13.4. The van der Waals surface area contributed by atoms with Crippen molar-refractivity contribution in [2.45, 2.75) is 32.8 Å². The van der Waals surface area contributed by atoms with E-state index in [1.807, 2.05) is 12.1 Å². The average Bonchev–Trinajstić information content (AvgIpc) is 2.55. The standard InChI is InChI=1S/C19H22N2O5/c1-19(2,3)26-18(22)20-15-6-4-14(5-7-15)12-13-25-17-10-8-16(9-11-17)21(23)24/h4-11H,12-13H2,1-3H3,(H,20,22). The molecular formula is C19H22N2O5. The molecule has 1 amide bonds. The summed E-state index contributed by atoms with van der Waals surface area (Å²) in [5.74, 6) is 0.582. The third-order valence-electron chi connectivity index (χ3n) is 3.31. The summed E-state index contributed by atoms with van der Waals surface area (Å²) in [5, 5.41) is 13.3. The summed E-state index contributed by atoms with van der Waals surface area (Å²) in [6.45, 7) is 5.86. The van der Waals surface area contributed by atoms with Gasteiger partial charge >= 0.3 is 6.09 Å². The Morgan fingerprint density at radius 2 is 1.69 bits per heavy atom. The lowest BCUT2D eigenvalue weighted by Crippen LogP contribution is -2.27. The highest BCUT2D eigenvalue weighted by atomic mass is 16.6. The number of amides is 1. The Hall–Kier alpha value is -3.09. The molecule has 0 heterocycles. The van der Waals surface area contributed by atoms with Crippen LogP contribution in [0, 0.1) is 10.1 Å². The van der Waals surface area contributed by atoms with Crippen molar-refractivity contribution in [3.8, 4) is 5.75 Å². The fourth-order valence-corrected chi connectivity index (χ4v) is 2.13. The zero-order valence-electron chi connectivity index (χ0n) is 15.0. The van der Waals surface area contributed by atoms with Crippen LogP contribution >= 0.6 is 0 Å². The molecule has 0 aliphatic heterocycles. The van der Waals surface area contributed by atoms with Gasteiger partial charge in [-0.15, -0.1) is 0 Å².